The van der Waals surface area contributed by atoms with Gasteiger partial charge in [-0.15, -0.1) is 0 Å². The molecule has 1 N–H and O–H groups in total. The third-order valence-corrected chi connectivity index (χ3v) is 3.44. The summed E-state index contributed by atoms with van der Waals surface area (Å²) in [7, 11) is 0. The zero-order valence-corrected chi connectivity index (χ0v) is 9.39. The van der Waals surface area contributed by atoms with Gasteiger partial charge in [0.1, 0.15) is 0 Å². The van der Waals surface area contributed by atoms with E-state index in [0.717, 1.165) is 32.5 Å². The summed E-state index contributed by atoms with van der Waals surface area (Å²) in [5.74, 6) is -0.869. The largest absolute Gasteiger partial charge is 0.481 e. The molecule has 0 aromatic heterocycles. The molecule has 90 valence electrons. The number of carbonyl (C=O) groups is 2. The highest BCUT2D eigenvalue weighted by molar-refractivity contribution is 5.78. The SMILES string of the molecule is O=C(O)[C@H]1CCN(CC(=O)N2CCCC2)C1. The summed E-state index contributed by atoms with van der Waals surface area (Å²) in [6, 6.07) is 0. The molecule has 2 rings (SSSR count). The Balaban J connectivity index is 1.78. The Hall–Kier alpha value is -1.10. The molecule has 0 aromatic rings. The molecule has 2 fully saturated rings. The van der Waals surface area contributed by atoms with Crippen molar-refractivity contribution in [3.63, 3.8) is 0 Å². The Bertz CT molecular complexity index is 287. The van der Waals surface area contributed by atoms with Gasteiger partial charge in [-0.2, -0.15) is 0 Å². The van der Waals surface area contributed by atoms with Crippen molar-refractivity contribution in [2.24, 2.45) is 5.92 Å². The fraction of sp³-hybridized carbons (Fsp3) is 0.818. The van der Waals surface area contributed by atoms with Crippen LogP contribution in [0.2, 0.25) is 0 Å². The van der Waals surface area contributed by atoms with Gasteiger partial charge >= 0.3 is 5.97 Å². The van der Waals surface area contributed by atoms with Crippen molar-refractivity contribution in [2.45, 2.75) is 19.3 Å². The van der Waals surface area contributed by atoms with E-state index >= 15 is 0 Å². The average molecular weight is 226 g/mol. The van der Waals surface area contributed by atoms with Crippen molar-refractivity contribution >= 4 is 11.9 Å². The van der Waals surface area contributed by atoms with Crippen molar-refractivity contribution in [1.82, 2.24) is 9.80 Å². The van der Waals surface area contributed by atoms with Crippen LogP contribution in [0.15, 0.2) is 0 Å². The monoisotopic (exact) mass is 226 g/mol. The molecular weight excluding hydrogens is 208 g/mol. The second-order valence-electron chi connectivity index (χ2n) is 4.65. The molecule has 0 aromatic carbocycles. The number of carboxylic acid groups (broad SMARTS) is 1. The molecule has 0 radical (unpaired) electrons. The predicted octanol–water partition coefficient (Wildman–Crippen LogP) is 0.0153. The maximum absolute atomic E-state index is 11.8. The van der Waals surface area contributed by atoms with Crippen molar-refractivity contribution < 1.29 is 14.7 Å². The predicted molar refractivity (Wildman–Crippen MR) is 58.0 cm³/mol. The fourth-order valence-corrected chi connectivity index (χ4v) is 2.44. The summed E-state index contributed by atoms with van der Waals surface area (Å²) in [4.78, 5) is 26.4. The Morgan fingerprint density at radius 3 is 2.44 bits per heavy atom. The molecule has 1 amide bonds. The summed E-state index contributed by atoms with van der Waals surface area (Å²) in [5, 5.41) is 8.85. The highest BCUT2D eigenvalue weighted by Gasteiger charge is 2.30. The van der Waals surface area contributed by atoms with Crippen molar-refractivity contribution in [3.05, 3.63) is 0 Å². The normalized spacial score (nSPS) is 26.2. The van der Waals surface area contributed by atoms with Gasteiger partial charge in [0.2, 0.25) is 5.91 Å². The van der Waals surface area contributed by atoms with Crippen LogP contribution in [0.1, 0.15) is 19.3 Å². The van der Waals surface area contributed by atoms with Gasteiger partial charge in [-0.1, -0.05) is 0 Å². The van der Waals surface area contributed by atoms with Gasteiger partial charge < -0.3 is 10.0 Å². The van der Waals surface area contributed by atoms with Crippen LogP contribution in [0.3, 0.4) is 0 Å². The Labute approximate surface area is 95.0 Å². The van der Waals surface area contributed by atoms with Crippen LogP contribution >= 0.6 is 0 Å². The molecular formula is C11H18N2O3. The number of carbonyl (C=O) groups excluding carboxylic acids is 1. The molecule has 1 atom stereocenters. The lowest BCUT2D eigenvalue weighted by Crippen LogP contribution is -2.38. The van der Waals surface area contributed by atoms with Gasteiger partial charge in [-0.05, 0) is 25.8 Å². The molecule has 0 bridgehead atoms. The standard InChI is InChI=1S/C11H18N2O3/c14-10(13-4-1-2-5-13)8-12-6-3-9(7-12)11(15)16/h9H,1-8H2,(H,15,16)/t9-/m0/s1. The lowest BCUT2D eigenvalue weighted by atomic mass is 10.1. The second-order valence-corrected chi connectivity index (χ2v) is 4.65. The van der Waals surface area contributed by atoms with E-state index in [-0.39, 0.29) is 11.8 Å². The first kappa shape index (κ1) is 11.4. The number of aliphatic carboxylic acids is 1. The van der Waals surface area contributed by atoms with Crippen LogP contribution in [-0.4, -0.2) is 59.5 Å². The van der Waals surface area contributed by atoms with Gasteiger partial charge in [0, 0.05) is 19.6 Å². The van der Waals surface area contributed by atoms with E-state index in [2.05, 4.69) is 0 Å². The molecule has 16 heavy (non-hydrogen) atoms. The molecule has 0 spiro atoms. The van der Waals surface area contributed by atoms with E-state index in [4.69, 9.17) is 5.11 Å². The van der Waals surface area contributed by atoms with Crippen molar-refractivity contribution in [3.8, 4) is 0 Å². The zero-order valence-electron chi connectivity index (χ0n) is 9.39. The number of carboxylic acids is 1. The summed E-state index contributed by atoms with van der Waals surface area (Å²) in [6.07, 6.45) is 2.87. The van der Waals surface area contributed by atoms with Crippen LogP contribution in [0.25, 0.3) is 0 Å². The Morgan fingerprint density at radius 1 is 1.19 bits per heavy atom. The molecule has 2 aliphatic heterocycles. The zero-order chi connectivity index (χ0) is 11.5. The Morgan fingerprint density at radius 2 is 1.88 bits per heavy atom. The summed E-state index contributed by atoms with van der Waals surface area (Å²) >= 11 is 0. The number of hydrogen-bond acceptors (Lipinski definition) is 3. The van der Waals surface area contributed by atoms with Crippen LogP contribution in [0.4, 0.5) is 0 Å². The maximum atomic E-state index is 11.8. The van der Waals surface area contributed by atoms with Gasteiger partial charge in [0.25, 0.3) is 0 Å². The first-order valence-electron chi connectivity index (χ1n) is 5.90. The van der Waals surface area contributed by atoms with Gasteiger partial charge in [-0.25, -0.2) is 0 Å². The molecule has 2 saturated heterocycles. The van der Waals surface area contributed by atoms with Gasteiger partial charge in [0.15, 0.2) is 0 Å². The van der Waals surface area contributed by atoms with Crippen LogP contribution in [0.5, 0.6) is 0 Å². The van der Waals surface area contributed by atoms with Crippen LogP contribution < -0.4 is 0 Å². The number of rotatable bonds is 3. The number of hydrogen-bond donors (Lipinski definition) is 1. The highest BCUT2D eigenvalue weighted by Crippen LogP contribution is 2.17. The van der Waals surface area contributed by atoms with E-state index in [1.807, 2.05) is 9.80 Å². The quantitative estimate of drug-likeness (QED) is 0.736. The van der Waals surface area contributed by atoms with E-state index < -0.39 is 5.97 Å². The topological polar surface area (TPSA) is 60.9 Å². The molecule has 2 heterocycles. The molecule has 0 saturated carbocycles. The van der Waals surface area contributed by atoms with E-state index in [0.29, 0.717) is 19.5 Å². The number of amides is 1. The average Bonchev–Trinajstić information content (AvgIpc) is 2.87. The summed E-state index contributed by atoms with van der Waals surface area (Å²) < 4.78 is 0. The second kappa shape index (κ2) is 4.82. The first-order valence-corrected chi connectivity index (χ1v) is 5.90. The van der Waals surface area contributed by atoms with Gasteiger partial charge in [-0.3, -0.25) is 14.5 Å². The van der Waals surface area contributed by atoms with Crippen molar-refractivity contribution in [1.29, 1.82) is 0 Å². The van der Waals surface area contributed by atoms with Crippen LogP contribution in [-0.2, 0) is 9.59 Å². The summed E-state index contributed by atoms with van der Waals surface area (Å²) in [6.45, 7) is 3.39. The minimum absolute atomic E-state index is 0.156. The molecule has 0 unspecified atom stereocenters. The molecule has 5 nitrogen and oxygen atoms in total. The maximum Gasteiger partial charge on any atom is 0.307 e. The lowest BCUT2D eigenvalue weighted by Gasteiger charge is -2.20. The van der Waals surface area contributed by atoms with Gasteiger partial charge in [0.05, 0.1) is 12.5 Å². The smallest absolute Gasteiger partial charge is 0.307 e. The molecule has 5 heteroatoms. The highest BCUT2D eigenvalue weighted by atomic mass is 16.4. The van der Waals surface area contributed by atoms with E-state index in [9.17, 15) is 9.59 Å². The number of nitrogens with zero attached hydrogens (tertiary/aromatic N) is 2. The minimum Gasteiger partial charge on any atom is -0.481 e. The van der Waals surface area contributed by atoms with Crippen LogP contribution in [0, 0.1) is 5.92 Å². The third-order valence-electron chi connectivity index (χ3n) is 3.44. The van der Waals surface area contributed by atoms with E-state index in [1.165, 1.54) is 0 Å². The third kappa shape index (κ3) is 2.52. The van der Waals surface area contributed by atoms with Crippen molar-refractivity contribution in [2.75, 3.05) is 32.7 Å². The number of likely N-dealkylation sites (tertiary alicyclic amines) is 2. The fourth-order valence-electron chi connectivity index (χ4n) is 2.44. The molecule has 2 aliphatic rings. The van der Waals surface area contributed by atoms with E-state index in [1.54, 1.807) is 0 Å². The minimum atomic E-state index is -0.740. The first-order chi connectivity index (χ1) is 7.66. The Kier molecular flexibility index (Phi) is 3.43. The molecule has 0 aliphatic carbocycles. The summed E-state index contributed by atoms with van der Waals surface area (Å²) in [5.41, 5.74) is 0. The lowest BCUT2D eigenvalue weighted by molar-refractivity contribution is -0.141.